The molecular weight excluding hydrogens is 258 g/mol. The number of hydrogen-bond donors (Lipinski definition) is 2. The van der Waals surface area contributed by atoms with Crippen LogP contribution in [0.15, 0.2) is 48.5 Å². The molecule has 0 spiro atoms. The number of nitrogens with two attached hydrogens (primary N) is 1. The minimum atomic E-state index is 0.588. The van der Waals surface area contributed by atoms with Gasteiger partial charge in [-0.15, -0.1) is 0 Å². The molecule has 0 aromatic heterocycles. The zero-order valence-corrected chi connectivity index (χ0v) is 12.4. The highest BCUT2D eigenvalue weighted by Crippen LogP contribution is 2.23. The molecule has 0 saturated carbocycles. The van der Waals surface area contributed by atoms with Gasteiger partial charge in [-0.25, -0.2) is 0 Å². The average Bonchev–Trinajstić information content (AvgIpc) is 2.57. The highest BCUT2D eigenvalue weighted by molar-refractivity contribution is 5.63. The van der Waals surface area contributed by atoms with Crippen LogP contribution in [0.2, 0.25) is 0 Å². The van der Waals surface area contributed by atoms with Crippen LogP contribution in [0.4, 0.5) is 17.1 Å². The Morgan fingerprint density at radius 3 is 1.95 bits per heavy atom. The Hall–Kier alpha value is -2.00. The predicted octanol–water partition coefficient (Wildman–Crippen LogP) is 3.88. The lowest BCUT2D eigenvalue weighted by molar-refractivity contribution is 0.578. The third-order valence-corrected chi connectivity index (χ3v) is 4.07. The number of nitrogens with zero attached hydrogens (tertiary/aromatic N) is 1. The summed E-state index contributed by atoms with van der Waals surface area (Å²) in [4.78, 5) is 2.48. The van der Waals surface area contributed by atoms with E-state index in [1.165, 1.54) is 38.0 Å². The Morgan fingerprint density at radius 1 is 0.810 bits per heavy atom. The van der Waals surface area contributed by atoms with Gasteiger partial charge in [-0.2, -0.15) is 0 Å². The van der Waals surface area contributed by atoms with E-state index >= 15 is 0 Å². The van der Waals surface area contributed by atoms with Gasteiger partial charge in [-0.05, 0) is 61.2 Å². The van der Waals surface area contributed by atoms with E-state index in [1.54, 1.807) is 0 Å². The van der Waals surface area contributed by atoms with Crippen molar-refractivity contribution < 1.29 is 0 Å². The van der Waals surface area contributed by atoms with Crippen molar-refractivity contribution in [3.05, 3.63) is 54.1 Å². The molecule has 1 heterocycles. The Bertz CT molecular complexity index is 554. The number of anilines is 3. The van der Waals surface area contributed by atoms with E-state index < -0.39 is 0 Å². The van der Waals surface area contributed by atoms with Gasteiger partial charge in [0.05, 0.1) is 0 Å². The molecule has 21 heavy (non-hydrogen) atoms. The van der Waals surface area contributed by atoms with Crippen LogP contribution in [-0.4, -0.2) is 13.1 Å². The maximum atomic E-state index is 5.61. The third-order valence-electron chi connectivity index (χ3n) is 4.07. The summed E-state index contributed by atoms with van der Waals surface area (Å²) in [5.41, 5.74) is 10.3. The topological polar surface area (TPSA) is 41.3 Å². The fourth-order valence-electron chi connectivity index (χ4n) is 2.80. The molecule has 1 aliphatic heterocycles. The first-order valence-electron chi connectivity index (χ1n) is 7.76. The average molecular weight is 281 g/mol. The second kappa shape index (κ2) is 6.64. The smallest absolute Gasteiger partial charge is 0.0385 e. The van der Waals surface area contributed by atoms with Crippen LogP contribution >= 0.6 is 0 Å². The molecule has 0 aliphatic carbocycles. The summed E-state index contributed by atoms with van der Waals surface area (Å²) >= 11 is 0. The van der Waals surface area contributed by atoms with Crippen LogP contribution in [0.25, 0.3) is 0 Å². The van der Waals surface area contributed by atoms with Crippen molar-refractivity contribution in [2.45, 2.75) is 25.8 Å². The standard InChI is InChI=1S/C18H23N3/c19-14-15-4-6-16(7-5-15)20-17-8-10-18(11-9-17)21-12-2-1-3-13-21/h4-11,20H,1-3,12-14,19H2. The summed E-state index contributed by atoms with van der Waals surface area (Å²) in [6.07, 6.45) is 4.00. The summed E-state index contributed by atoms with van der Waals surface area (Å²) < 4.78 is 0. The first kappa shape index (κ1) is 14.0. The monoisotopic (exact) mass is 281 g/mol. The van der Waals surface area contributed by atoms with Crippen molar-refractivity contribution in [2.24, 2.45) is 5.73 Å². The lowest BCUT2D eigenvalue weighted by Gasteiger charge is -2.28. The van der Waals surface area contributed by atoms with Crippen LogP contribution < -0.4 is 16.0 Å². The quantitative estimate of drug-likeness (QED) is 0.893. The van der Waals surface area contributed by atoms with Gasteiger partial charge in [0.2, 0.25) is 0 Å². The third kappa shape index (κ3) is 3.56. The van der Waals surface area contributed by atoms with Crippen molar-refractivity contribution >= 4 is 17.1 Å². The number of nitrogens with one attached hydrogen (secondary N) is 1. The Labute approximate surface area is 126 Å². The van der Waals surface area contributed by atoms with Crippen molar-refractivity contribution in [2.75, 3.05) is 23.3 Å². The minimum absolute atomic E-state index is 0.588. The second-order valence-corrected chi connectivity index (χ2v) is 5.62. The molecule has 0 radical (unpaired) electrons. The molecule has 0 amide bonds. The van der Waals surface area contributed by atoms with E-state index in [4.69, 9.17) is 5.73 Å². The second-order valence-electron chi connectivity index (χ2n) is 5.62. The van der Waals surface area contributed by atoms with Crippen LogP contribution in [0.5, 0.6) is 0 Å². The van der Waals surface area contributed by atoms with Gasteiger partial charge < -0.3 is 16.0 Å². The van der Waals surface area contributed by atoms with Gasteiger partial charge in [0.1, 0.15) is 0 Å². The predicted molar refractivity (Wildman–Crippen MR) is 90.1 cm³/mol. The minimum Gasteiger partial charge on any atom is -0.372 e. The Kier molecular flexibility index (Phi) is 4.41. The normalized spacial score (nSPS) is 15.0. The van der Waals surface area contributed by atoms with E-state index in [-0.39, 0.29) is 0 Å². The molecule has 1 aliphatic rings. The van der Waals surface area contributed by atoms with E-state index in [2.05, 4.69) is 58.7 Å². The maximum absolute atomic E-state index is 5.61. The van der Waals surface area contributed by atoms with Crippen molar-refractivity contribution in [1.82, 2.24) is 0 Å². The molecule has 2 aromatic carbocycles. The van der Waals surface area contributed by atoms with Gasteiger partial charge in [0.25, 0.3) is 0 Å². The molecule has 0 unspecified atom stereocenters. The SMILES string of the molecule is NCc1ccc(Nc2ccc(N3CCCCC3)cc2)cc1. The Morgan fingerprint density at radius 2 is 1.38 bits per heavy atom. The lowest BCUT2D eigenvalue weighted by Crippen LogP contribution is -2.29. The van der Waals surface area contributed by atoms with E-state index in [9.17, 15) is 0 Å². The molecule has 0 bridgehead atoms. The molecule has 110 valence electrons. The van der Waals surface area contributed by atoms with Crippen molar-refractivity contribution in [3.63, 3.8) is 0 Å². The van der Waals surface area contributed by atoms with E-state index in [1.807, 2.05) is 0 Å². The van der Waals surface area contributed by atoms with Gasteiger partial charge in [-0.1, -0.05) is 12.1 Å². The van der Waals surface area contributed by atoms with Crippen LogP contribution in [-0.2, 0) is 6.54 Å². The summed E-state index contributed by atoms with van der Waals surface area (Å²) in [5.74, 6) is 0. The van der Waals surface area contributed by atoms with Crippen LogP contribution in [0.1, 0.15) is 24.8 Å². The molecule has 1 saturated heterocycles. The van der Waals surface area contributed by atoms with Crippen molar-refractivity contribution in [3.8, 4) is 0 Å². The molecule has 3 heteroatoms. The van der Waals surface area contributed by atoms with Gasteiger partial charge in [-0.3, -0.25) is 0 Å². The summed E-state index contributed by atoms with van der Waals surface area (Å²) in [7, 11) is 0. The van der Waals surface area contributed by atoms with E-state index in [0.717, 1.165) is 16.9 Å². The zero-order chi connectivity index (χ0) is 14.5. The zero-order valence-electron chi connectivity index (χ0n) is 12.4. The highest BCUT2D eigenvalue weighted by Gasteiger charge is 2.10. The Balaban J connectivity index is 1.65. The maximum Gasteiger partial charge on any atom is 0.0385 e. The molecule has 3 nitrogen and oxygen atoms in total. The molecule has 3 N–H and O–H groups in total. The molecular formula is C18H23N3. The molecule has 0 atom stereocenters. The summed E-state index contributed by atoms with van der Waals surface area (Å²) in [5, 5.41) is 3.43. The summed E-state index contributed by atoms with van der Waals surface area (Å²) in [6, 6.07) is 17.0. The van der Waals surface area contributed by atoms with Gasteiger partial charge >= 0.3 is 0 Å². The molecule has 2 aromatic rings. The fourth-order valence-corrected chi connectivity index (χ4v) is 2.80. The highest BCUT2D eigenvalue weighted by atomic mass is 15.1. The molecule has 1 fully saturated rings. The van der Waals surface area contributed by atoms with Gasteiger partial charge in [0, 0.05) is 36.7 Å². The fraction of sp³-hybridized carbons (Fsp3) is 0.333. The number of piperidine rings is 1. The first-order valence-corrected chi connectivity index (χ1v) is 7.76. The first-order chi connectivity index (χ1) is 10.3. The van der Waals surface area contributed by atoms with Gasteiger partial charge in [0.15, 0.2) is 0 Å². The van der Waals surface area contributed by atoms with Crippen LogP contribution in [0.3, 0.4) is 0 Å². The summed E-state index contributed by atoms with van der Waals surface area (Å²) in [6.45, 7) is 2.96. The molecule has 3 rings (SSSR count). The van der Waals surface area contributed by atoms with E-state index in [0.29, 0.717) is 6.54 Å². The number of hydrogen-bond acceptors (Lipinski definition) is 3. The number of rotatable bonds is 4. The largest absolute Gasteiger partial charge is 0.372 e. The lowest BCUT2D eigenvalue weighted by atomic mass is 10.1. The number of benzene rings is 2. The van der Waals surface area contributed by atoms with Crippen LogP contribution in [0, 0.1) is 0 Å². The van der Waals surface area contributed by atoms with Crippen molar-refractivity contribution in [1.29, 1.82) is 0 Å².